The number of hydrogen-bond acceptors (Lipinski definition) is 2. The van der Waals surface area contributed by atoms with Gasteiger partial charge in [-0.25, -0.2) is 8.78 Å². The number of hydrogen-bond donors (Lipinski definition) is 1. The second-order valence-corrected chi connectivity index (χ2v) is 4.57. The average molecular weight is 242 g/mol. The second kappa shape index (κ2) is 4.61. The van der Waals surface area contributed by atoms with E-state index in [0.717, 1.165) is 5.56 Å². The van der Waals surface area contributed by atoms with Crippen molar-refractivity contribution in [2.24, 2.45) is 0 Å². The summed E-state index contributed by atoms with van der Waals surface area (Å²) in [6.45, 7) is 1.91. The van der Waals surface area contributed by atoms with Crippen LogP contribution in [0.2, 0.25) is 0 Å². The van der Waals surface area contributed by atoms with Gasteiger partial charge in [0.05, 0.1) is 6.10 Å². The highest BCUT2D eigenvalue weighted by atomic mass is 19.3. The first-order chi connectivity index (χ1) is 7.99. The first-order valence-corrected chi connectivity index (χ1v) is 5.78. The van der Waals surface area contributed by atoms with Gasteiger partial charge in [0.15, 0.2) is 6.10 Å². The first kappa shape index (κ1) is 12.3. The highest BCUT2D eigenvalue weighted by Crippen LogP contribution is 2.36. The Labute approximate surface area is 99.2 Å². The van der Waals surface area contributed by atoms with Crippen LogP contribution in [0.4, 0.5) is 8.78 Å². The van der Waals surface area contributed by atoms with E-state index in [1.165, 1.54) is 0 Å². The topological polar surface area (TPSA) is 29.5 Å². The molecule has 0 amide bonds. The van der Waals surface area contributed by atoms with E-state index in [4.69, 9.17) is 4.74 Å². The molecule has 0 bridgehead atoms. The molecule has 17 heavy (non-hydrogen) atoms. The molecule has 0 aliphatic heterocycles. The van der Waals surface area contributed by atoms with Crippen LogP contribution >= 0.6 is 0 Å². The van der Waals surface area contributed by atoms with Crippen LogP contribution in [0.25, 0.3) is 0 Å². The van der Waals surface area contributed by atoms with Crippen LogP contribution < -0.4 is 4.74 Å². The molecule has 1 aliphatic carbocycles. The first-order valence-electron chi connectivity index (χ1n) is 5.78. The van der Waals surface area contributed by atoms with Gasteiger partial charge in [0.25, 0.3) is 5.92 Å². The maximum Gasteiger partial charge on any atom is 0.286 e. The number of ether oxygens (including phenoxy) is 1. The summed E-state index contributed by atoms with van der Waals surface area (Å²) in [5.74, 6) is -2.58. The predicted molar refractivity (Wildman–Crippen MR) is 60.4 cm³/mol. The SMILES string of the molecule is Cc1ccc(O[C@@H]2[C@@H](O)CCCC2(F)F)cc1. The Bertz CT molecular complexity index is 376. The van der Waals surface area contributed by atoms with E-state index in [-0.39, 0.29) is 6.42 Å². The minimum atomic E-state index is -2.96. The minimum absolute atomic E-state index is 0.222. The third-order valence-corrected chi connectivity index (χ3v) is 3.06. The molecule has 0 heterocycles. The van der Waals surface area contributed by atoms with Crippen LogP contribution in [0, 0.1) is 6.92 Å². The van der Waals surface area contributed by atoms with Crippen LogP contribution in [-0.2, 0) is 0 Å². The van der Waals surface area contributed by atoms with Gasteiger partial charge in [-0.3, -0.25) is 0 Å². The number of aliphatic hydroxyl groups excluding tert-OH is 1. The molecule has 4 heteroatoms. The molecule has 1 aromatic rings. The quantitative estimate of drug-likeness (QED) is 0.864. The Balaban J connectivity index is 2.12. The fraction of sp³-hybridized carbons (Fsp3) is 0.538. The standard InChI is InChI=1S/C13H16F2O2/c1-9-4-6-10(7-5-9)17-12-11(16)3-2-8-13(12,14)15/h4-7,11-12,16H,2-3,8H2,1H3/t11-,12+/m0/s1. The molecule has 1 N–H and O–H groups in total. The zero-order valence-electron chi connectivity index (χ0n) is 9.70. The molecule has 0 saturated heterocycles. The van der Waals surface area contributed by atoms with Crippen LogP contribution in [0.3, 0.4) is 0 Å². The molecule has 1 aliphatic rings. The highest BCUT2D eigenvalue weighted by molar-refractivity contribution is 5.26. The Morgan fingerprint density at radius 2 is 1.94 bits per heavy atom. The van der Waals surface area contributed by atoms with Gasteiger partial charge in [-0.2, -0.15) is 0 Å². The maximum atomic E-state index is 13.6. The summed E-state index contributed by atoms with van der Waals surface area (Å²) >= 11 is 0. The van der Waals surface area contributed by atoms with Crippen molar-refractivity contribution >= 4 is 0 Å². The summed E-state index contributed by atoms with van der Waals surface area (Å²) in [6.07, 6.45) is -2.05. The van der Waals surface area contributed by atoms with Crippen molar-refractivity contribution in [1.82, 2.24) is 0 Å². The summed E-state index contributed by atoms with van der Waals surface area (Å²) in [5.41, 5.74) is 1.04. The van der Waals surface area contributed by atoms with E-state index in [1.807, 2.05) is 6.92 Å². The fourth-order valence-corrected chi connectivity index (χ4v) is 2.05. The highest BCUT2D eigenvalue weighted by Gasteiger charge is 2.48. The lowest BCUT2D eigenvalue weighted by atomic mass is 9.91. The summed E-state index contributed by atoms with van der Waals surface area (Å²) in [7, 11) is 0. The van der Waals surface area contributed by atoms with E-state index in [9.17, 15) is 13.9 Å². The smallest absolute Gasteiger partial charge is 0.286 e. The fourth-order valence-electron chi connectivity index (χ4n) is 2.05. The predicted octanol–water partition coefficient (Wildman–Crippen LogP) is 2.92. The van der Waals surface area contributed by atoms with Gasteiger partial charge < -0.3 is 9.84 Å². The number of benzene rings is 1. The lowest BCUT2D eigenvalue weighted by molar-refractivity contribution is -0.163. The van der Waals surface area contributed by atoms with Crippen LogP contribution in [0.15, 0.2) is 24.3 Å². The van der Waals surface area contributed by atoms with Crippen LogP contribution in [-0.4, -0.2) is 23.2 Å². The number of rotatable bonds is 2. The molecule has 2 atom stereocenters. The molecule has 0 aromatic heterocycles. The van der Waals surface area contributed by atoms with Crippen molar-refractivity contribution in [1.29, 1.82) is 0 Å². The van der Waals surface area contributed by atoms with E-state index in [2.05, 4.69) is 0 Å². The Morgan fingerprint density at radius 3 is 2.53 bits per heavy atom. The van der Waals surface area contributed by atoms with Gasteiger partial charge in [-0.05, 0) is 31.9 Å². The molecule has 2 rings (SSSR count). The Hall–Kier alpha value is -1.16. The molecule has 1 aromatic carbocycles. The van der Waals surface area contributed by atoms with Crippen molar-refractivity contribution < 1.29 is 18.6 Å². The maximum absolute atomic E-state index is 13.6. The van der Waals surface area contributed by atoms with Gasteiger partial charge in [0.1, 0.15) is 5.75 Å². The normalized spacial score (nSPS) is 27.8. The monoisotopic (exact) mass is 242 g/mol. The second-order valence-electron chi connectivity index (χ2n) is 4.57. The molecular weight excluding hydrogens is 226 g/mol. The minimum Gasteiger partial charge on any atom is -0.481 e. The largest absolute Gasteiger partial charge is 0.481 e. The zero-order chi connectivity index (χ0) is 12.5. The lowest BCUT2D eigenvalue weighted by Gasteiger charge is -2.35. The number of alkyl halides is 2. The van der Waals surface area contributed by atoms with Gasteiger partial charge in [0, 0.05) is 6.42 Å². The van der Waals surface area contributed by atoms with Crippen molar-refractivity contribution in [3.8, 4) is 5.75 Å². The third kappa shape index (κ3) is 2.75. The zero-order valence-corrected chi connectivity index (χ0v) is 9.70. The van der Waals surface area contributed by atoms with E-state index < -0.39 is 18.1 Å². The molecule has 2 nitrogen and oxygen atoms in total. The van der Waals surface area contributed by atoms with Gasteiger partial charge >= 0.3 is 0 Å². The van der Waals surface area contributed by atoms with Crippen LogP contribution in [0.5, 0.6) is 5.75 Å². The molecule has 0 unspecified atom stereocenters. The summed E-state index contributed by atoms with van der Waals surface area (Å²) < 4.78 is 32.4. The molecule has 1 saturated carbocycles. The molecular formula is C13H16F2O2. The Kier molecular flexibility index (Phi) is 3.33. The molecule has 1 fully saturated rings. The van der Waals surface area contributed by atoms with Gasteiger partial charge in [-0.15, -0.1) is 0 Å². The van der Waals surface area contributed by atoms with E-state index in [0.29, 0.717) is 18.6 Å². The van der Waals surface area contributed by atoms with Crippen molar-refractivity contribution in [2.45, 2.75) is 44.3 Å². The Morgan fingerprint density at radius 1 is 1.29 bits per heavy atom. The van der Waals surface area contributed by atoms with Gasteiger partial charge in [-0.1, -0.05) is 17.7 Å². The van der Waals surface area contributed by atoms with Crippen molar-refractivity contribution in [3.05, 3.63) is 29.8 Å². The number of aliphatic hydroxyl groups is 1. The summed E-state index contributed by atoms with van der Waals surface area (Å²) in [5, 5.41) is 9.62. The number of aryl methyl sites for hydroxylation is 1. The average Bonchev–Trinajstić information content (AvgIpc) is 2.26. The van der Waals surface area contributed by atoms with Crippen LogP contribution in [0.1, 0.15) is 24.8 Å². The summed E-state index contributed by atoms with van der Waals surface area (Å²) in [6, 6.07) is 6.88. The number of halogens is 2. The van der Waals surface area contributed by atoms with Crippen molar-refractivity contribution in [2.75, 3.05) is 0 Å². The van der Waals surface area contributed by atoms with Crippen molar-refractivity contribution in [3.63, 3.8) is 0 Å². The van der Waals surface area contributed by atoms with E-state index in [1.54, 1.807) is 24.3 Å². The molecule has 0 spiro atoms. The molecule has 94 valence electrons. The van der Waals surface area contributed by atoms with Gasteiger partial charge in [0.2, 0.25) is 0 Å². The third-order valence-electron chi connectivity index (χ3n) is 3.06. The lowest BCUT2D eigenvalue weighted by Crippen LogP contribution is -2.50. The molecule has 0 radical (unpaired) electrons. The van der Waals surface area contributed by atoms with E-state index >= 15 is 0 Å². The summed E-state index contributed by atoms with van der Waals surface area (Å²) in [4.78, 5) is 0.